The highest BCUT2D eigenvalue weighted by molar-refractivity contribution is 7.36. The van der Waals surface area contributed by atoms with E-state index in [1.807, 2.05) is 22.7 Å². The highest BCUT2D eigenvalue weighted by Gasteiger charge is 2.11. The number of fused-ring (bicyclic) bond motifs is 5. The molecule has 0 aliphatic rings. The first kappa shape index (κ1) is 12.4. The fourth-order valence-corrected chi connectivity index (χ4v) is 5.50. The molecule has 0 saturated carbocycles. The van der Waals surface area contributed by atoms with E-state index >= 15 is 0 Å². The van der Waals surface area contributed by atoms with Crippen molar-refractivity contribution in [2.45, 2.75) is 26.2 Å². The second-order valence-corrected chi connectivity index (χ2v) is 7.40. The monoisotopic (exact) mass is 296 g/mol. The summed E-state index contributed by atoms with van der Waals surface area (Å²) in [5, 5.41) is 2.86. The molecule has 4 rings (SSSR count). The minimum Gasteiger partial charge on any atom is -0.134 e. The Morgan fingerprint density at radius 2 is 1.60 bits per heavy atom. The molecule has 0 aliphatic carbocycles. The van der Waals surface area contributed by atoms with E-state index in [9.17, 15) is 0 Å². The lowest BCUT2D eigenvalue weighted by Gasteiger charge is -1.99. The van der Waals surface area contributed by atoms with Crippen LogP contribution in [0.25, 0.3) is 29.6 Å². The molecule has 0 atom stereocenters. The molecule has 2 heterocycles. The summed E-state index contributed by atoms with van der Waals surface area (Å²) in [4.78, 5) is 0. The van der Waals surface area contributed by atoms with Gasteiger partial charge in [0.25, 0.3) is 0 Å². The molecular formula is C18H16S2. The van der Waals surface area contributed by atoms with E-state index in [2.05, 4.69) is 49.4 Å². The molecule has 4 aromatic rings. The SMILES string of the molecule is CCCCc1ccc2c(c1)sc1c3ccccc3sc21. The lowest BCUT2D eigenvalue weighted by atomic mass is 10.1. The Morgan fingerprint density at radius 3 is 2.45 bits per heavy atom. The van der Waals surface area contributed by atoms with E-state index < -0.39 is 0 Å². The van der Waals surface area contributed by atoms with Crippen LogP contribution in [-0.2, 0) is 6.42 Å². The zero-order valence-electron chi connectivity index (χ0n) is 11.5. The Hall–Kier alpha value is -1.38. The lowest BCUT2D eigenvalue weighted by Crippen LogP contribution is -1.82. The van der Waals surface area contributed by atoms with Crippen LogP contribution in [0.15, 0.2) is 42.5 Å². The van der Waals surface area contributed by atoms with Gasteiger partial charge in [0, 0.05) is 20.2 Å². The zero-order chi connectivity index (χ0) is 13.5. The topological polar surface area (TPSA) is 0 Å². The summed E-state index contributed by atoms with van der Waals surface area (Å²) in [5.41, 5.74) is 1.48. The molecule has 2 heteroatoms. The molecule has 2 aromatic heterocycles. The summed E-state index contributed by atoms with van der Waals surface area (Å²) in [7, 11) is 0. The largest absolute Gasteiger partial charge is 0.134 e. The van der Waals surface area contributed by atoms with E-state index in [-0.39, 0.29) is 0 Å². The Morgan fingerprint density at radius 1 is 0.850 bits per heavy atom. The number of aryl methyl sites for hydroxylation is 1. The molecule has 2 aromatic carbocycles. The van der Waals surface area contributed by atoms with Crippen molar-refractivity contribution in [2.75, 3.05) is 0 Å². The molecule has 0 unspecified atom stereocenters. The van der Waals surface area contributed by atoms with Gasteiger partial charge in [-0.05, 0) is 30.5 Å². The fourth-order valence-electron chi connectivity index (χ4n) is 2.79. The lowest BCUT2D eigenvalue weighted by molar-refractivity contribution is 0.796. The normalized spacial score (nSPS) is 11.8. The van der Waals surface area contributed by atoms with E-state index in [1.54, 1.807) is 0 Å². The predicted molar refractivity (Wildman–Crippen MR) is 93.3 cm³/mol. The van der Waals surface area contributed by atoms with Crippen LogP contribution in [0.3, 0.4) is 0 Å². The first-order chi connectivity index (χ1) is 9.86. The summed E-state index contributed by atoms with van der Waals surface area (Å²) < 4.78 is 5.79. The van der Waals surface area contributed by atoms with Crippen molar-refractivity contribution in [2.24, 2.45) is 0 Å². The second kappa shape index (κ2) is 4.87. The van der Waals surface area contributed by atoms with Crippen molar-refractivity contribution in [1.29, 1.82) is 0 Å². The molecule has 0 radical (unpaired) electrons. The molecule has 0 bridgehead atoms. The van der Waals surface area contributed by atoms with Crippen molar-refractivity contribution in [3.05, 3.63) is 48.0 Å². The van der Waals surface area contributed by atoms with E-state index in [4.69, 9.17) is 0 Å². The van der Waals surface area contributed by atoms with Crippen molar-refractivity contribution < 1.29 is 0 Å². The summed E-state index contributed by atoms with van der Waals surface area (Å²) in [5.74, 6) is 0. The molecule has 0 spiro atoms. The molecule has 100 valence electrons. The Balaban J connectivity index is 1.95. The third-order valence-corrected chi connectivity index (χ3v) is 6.39. The molecule has 0 saturated heterocycles. The summed E-state index contributed by atoms with van der Waals surface area (Å²) in [6.07, 6.45) is 3.76. The van der Waals surface area contributed by atoms with Crippen molar-refractivity contribution in [1.82, 2.24) is 0 Å². The summed E-state index contributed by atoms with van der Waals surface area (Å²) in [6.45, 7) is 2.26. The van der Waals surface area contributed by atoms with Gasteiger partial charge >= 0.3 is 0 Å². The van der Waals surface area contributed by atoms with Gasteiger partial charge in [0.1, 0.15) is 0 Å². The number of unbranched alkanes of at least 4 members (excludes halogenated alkanes) is 1. The molecule has 0 aliphatic heterocycles. The van der Waals surface area contributed by atoms with Crippen LogP contribution in [0.1, 0.15) is 25.3 Å². The van der Waals surface area contributed by atoms with Gasteiger partial charge in [-0.3, -0.25) is 0 Å². The quantitative estimate of drug-likeness (QED) is 0.399. The predicted octanol–water partition coefficient (Wildman–Crippen LogP) is 6.61. The molecule has 0 N–H and O–H groups in total. The smallest absolute Gasteiger partial charge is 0.0542 e. The average Bonchev–Trinajstić information content (AvgIpc) is 3.00. The van der Waals surface area contributed by atoms with Gasteiger partial charge in [-0.15, -0.1) is 22.7 Å². The van der Waals surface area contributed by atoms with Gasteiger partial charge < -0.3 is 0 Å². The number of thiophene rings is 2. The zero-order valence-corrected chi connectivity index (χ0v) is 13.1. The Bertz CT molecular complexity index is 896. The first-order valence-corrected chi connectivity index (χ1v) is 8.83. The van der Waals surface area contributed by atoms with E-state index in [0.717, 1.165) is 0 Å². The van der Waals surface area contributed by atoms with Crippen LogP contribution in [0.2, 0.25) is 0 Å². The third-order valence-electron chi connectivity index (χ3n) is 3.87. The van der Waals surface area contributed by atoms with E-state index in [0.29, 0.717) is 0 Å². The second-order valence-electron chi connectivity index (χ2n) is 5.29. The highest BCUT2D eigenvalue weighted by atomic mass is 32.1. The van der Waals surface area contributed by atoms with Gasteiger partial charge in [-0.25, -0.2) is 0 Å². The maximum absolute atomic E-state index is 2.40. The third kappa shape index (κ3) is 1.87. The Kier molecular flexibility index (Phi) is 3.01. The number of hydrogen-bond donors (Lipinski definition) is 0. The molecule has 0 amide bonds. The van der Waals surface area contributed by atoms with Crippen molar-refractivity contribution >= 4 is 52.2 Å². The standard InChI is InChI=1S/C18H16S2/c1-2-3-6-12-9-10-14-16(11-12)20-17-13-7-4-5-8-15(13)19-18(14)17/h4-5,7-11H,2-3,6H2,1H3. The van der Waals surface area contributed by atoms with Crippen molar-refractivity contribution in [3.63, 3.8) is 0 Å². The van der Waals surface area contributed by atoms with Crippen molar-refractivity contribution in [3.8, 4) is 0 Å². The van der Waals surface area contributed by atoms with E-state index in [1.165, 1.54) is 54.4 Å². The maximum atomic E-state index is 2.40. The van der Waals surface area contributed by atoms with Crippen LogP contribution in [0, 0.1) is 0 Å². The van der Waals surface area contributed by atoms with Crippen LogP contribution in [0.4, 0.5) is 0 Å². The summed E-state index contributed by atoms with van der Waals surface area (Å²) >= 11 is 3.89. The van der Waals surface area contributed by atoms with Gasteiger partial charge in [0.15, 0.2) is 0 Å². The average molecular weight is 296 g/mol. The highest BCUT2D eigenvalue weighted by Crippen LogP contribution is 2.44. The first-order valence-electron chi connectivity index (χ1n) is 7.19. The minimum atomic E-state index is 1.21. The van der Waals surface area contributed by atoms with Gasteiger partial charge in [0.05, 0.1) is 9.40 Å². The fraction of sp³-hybridized carbons (Fsp3) is 0.222. The molecular weight excluding hydrogens is 280 g/mol. The molecule has 0 nitrogen and oxygen atoms in total. The van der Waals surface area contributed by atoms with Crippen LogP contribution in [0.5, 0.6) is 0 Å². The van der Waals surface area contributed by atoms with Gasteiger partial charge in [-0.2, -0.15) is 0 Å². The van der Waals surface area contributed by atoms with Crippen LogP contribution >= 0.6 is 22.7 Å². The van der Waals surface area contributed by atoms with Gasteiger partial charge in [-0.1, -0.05) is 43.7 Å². The number of hydrogen-bond acceptors (Lipinski definition) is 2. The van der Waals surface area contributed by atoms with Crippen LogP contribution < -0.4 is 0 Å². The number of benzene rings is 2. The molecule has 0 fully saturated rings. The van der Waals surface area contributed by atoms with Crippen LogP contribution in [-0.4, -0.2) is 0 Å². The minimum absolute atomic E-state index is 1.21. The van der Waals surface area contributed by atoms with Gasteiger partial charge in [0.2, 0.25) is 0 Å². The number of rotatable bonds is 3. The maximum Gasteiger partial charge on any atom is 0.0542 e. The Labute approximate surface area is 126 Å². The summed E-state index contributed by atoms with van der Waals surface area (Å²) in [6, 6.07) is 15.8. The molecule has 20 heavy (non-hydrogen) atoms.